The Morgan fingerprint density at radius 3 is 2.40 bits per heavy atom. The van der Waals surface area contributed by atoms with E-state index in [4.69, 9.17) is 0 Å². The van der Waals surface area contributed by atoms with Gasteiger partial charge in [-0.3, -0.25) is 11.8 Å². The van der Waals surface area contributed by atoms with Gasteiger partial charge in [0.25, 0.3) is 0 Å². The number of amides is 1. The highest BCUT2D eigenvalue weighted by atomic mass is 16.2. The van der Waals surface area contributed by atoms with Gasteiger partial charge in [0.05, 0.1) is 0 Å². The molecule has 86 valence electrons. The first kappa shape index (κ1) is 10.9. The lowest BCUT2D eigenvalue weighted by Crippen LogP contribution is -2.40. The zero-order valence-corrected chi connectivity index (χ0v) is 9.83. The molecule has 2 saturated heterocycles. The zero-order valence-electron chi connectivity index (χ0n) is 9.83. The molecule has 0 bridgehead atoms. The predicted octanol–water partition coefficient (Wildman–Crippen LogP) is 1.50. The number of hydrogen-bond acceptors (Lipinski definition) is 2. The van der Waals surface area contributed by atoms with Crippen molar-refractivity contribution < 1.29 is 4.79 Å². The van der Waals surface area contributed by atoms with Crippen LogP contribution in [-0.4, -0.2) is 41.4 Å². The third-order valence-corrected chi connectivity index (χ3v) is 3.89. The lowest BCUT2D eigenvalue weighted by atomic mass is 9.78. The third-order valence-electron chi connectivity index (χ3n) is 3.89. The summed E-state index contributed by atoms with van der Waals surface area (Å²) in [6, 6.07) is 0.356. The first-order valence-corrected chi connectivity index (χ1v) is 5.87. The van der Waals surface area contributed by atoms with E-state index in [9.17, 15) is 4.79 Å². The van der Waals surface area contributed by atoms with Gasteiger partial charge in [-0.2, -0.15) is 0 Å². The highest BCUT2D eigenvalue weighted by Crippen LogP contribution is 2.41. The van der Waals surface area contributed by atoms with Crippen LogP contribution in [0.5, 0.6) is 0 Å². The van der Waals surface area contributed by atoms with Gasteiger partial charge in [-0.25, -0.2) is 0 Å². The molecule has 1 spiro atoms. The fourth-order valence-corrected chi connectivity index (χ4v) is 2.76. The van der Waals surface area contributed by atoms with Crippen LogP contribution >= 0.6 is 0 Å². The highest BCUT2D eigenvalue weighted by molar-refractivity contribution is 5.79. The molecule has 2 aliphatic rings. The average Bonchev–Trinajstić information content (AvgIpc) is 2.50. The molecular formula is C12H21N2O-. The number of hydrogen-bond donors (Lipinski definition) is 0. The molecule has 0 N–H and O–H groups in total. The smallest absolute Gasteiger partial charge is 0.223 e. The van der Waals surface area contributed by atoms with Crippen molar-refractivity contribution >= 4 is 5.91 Å². The monoisotopic (exact) mass is 209 g/mol. The molecule has 15 heavy (non-hydrogen) atoms. The number of rotatable bonds is 1. The maximum atomic E-state index is 11.9. The van der Waals surface area contributed by atoms with Crippen LogP contribution in [0.15, 0.2) is 0 Å². The molecule has 3 heteroatoms. The standard InChI is InChI=1S/C12H21N2O/c1-10(2)14-9-12(8-11(14)15)4-6-13(3)7-5-12/h10H,3-9H2,1-2H3/q-1. The van der Waals surface area contributed by atoms with E-state index in [0.717, 1.165) is 38.9 Å². The SMILES string of the molecule is [CH2-]N1CCC2(CC1)CC(=O)N(C(C)C)C2. The van der Waals surface area contributed by atoms with Crippen LogP contribution in [0.2, 0.25) is 0 Å². The summed E-state index contributed by atoms with van der Waals surface area (Å²) in [6.45, 7) is 7.26. The Balaban J connectivity index is 2.04. The molecular weight excluding hydrogens is 188 g/mol. The molecule has 1 amide bonds. The topological polar surface area (TPSA) is 23.6 Å². The van der Waals surface area contributed by atoms with Gasteiger partial charge in [0.1, 0.15) is 0 Å². The first-order chi connectivity index (χ1) is 7.02. The van der Waals surface area contributed by atoms with Crippen molar-refractivity contribution in [2.75, 3.05) is 19.6 Å². The minimum atomic E-state index is 0.273. The maximum Gasteiger partial charge on any atom is 0.223 e. The van der Waals surface area contributed by atoms with E-state index in [1.165, 1.54) is 0 Å². The number of carbonyl (C=O) groups excluding carboxylic acids is 1. The number of piperidine rings is 1. The van der Waals surface area contributed by atoms with Gasteiger partial charge in [0.2, 0.25) is 5.91 Å². The van der Waals surface area contributed by atoms with Gasteiger partial charge in [-0.1, -0.05) is 0 Å². The summed E-state index contributed by atoms with van der Waals surface area (Å²) in [5, 5.41) is 0. The second kappa shape index (κ2) is 3.78. The molecule has 2 heterocycles. The largest absolute Gasteiger partial charge is 0.459 e. The van der Waals surface area contributed by atoms with E-state index < -0.39 is 0 Å². The van der Waals surface area contributed by atoms with Gasteiger partial charge in [0.15, 0.2) is 0 Å². The molecule has 0 aromatic heterocycles. The third kappa shape index (κ3) is 2.03. The van der Waals surface area contributed by atoms with Crippen LogP contribution in [-0.2, 0) is 4.79 Å². The Morgan fingerprint density at radius 1 is 1.33 bits per heavy atom. The summed E-state index contributed by atoms with van der Waals surface area (Å²) in [5.41, 5.74) is 0.273. The Labute approximate surface area is 92.4 Å². The Kier molecular flexibility index (Phi) is 2.75. The van der Waals surface area contributed by atoms with Gasteiger partial charge in [-0.15, -0.1) is 0 Å². The molecule has 0 atom stereocenters. The van der Waals surface area contributed by atoms with Crippen LogP contribution in [0.1, 0.15) is 33.1 Å². The van der Waals surface area contributed by atoms with Crippen molar-refractivity contribution in [3.8, 4) is 0 Å². The fraction of sp³-hybridized carbons (Fsp3) is 0.833. The summed E-state index contributed by atoms with van der Waals surface area (Å²) < 4.78 is 0. The summed E-state index contributed by atoms with van der Waals surface area (Å²) in [4.78, 5) is 16.0. The van der Waals surface area contributed by atoms with Gasteiger partial charge in [0, 0.05) is 19.0 Å². The first-order valence-electron chi connectivity index (χ1n) is 5.87. The lowest BCUT2D eigenvalue weighted by molar-refractivity contribution is -0.129. The average molecular weight is 209 g/mol. The van der Waals surface area contributed by atoms with E-state index >= 15 is 0 Å². The number of likely N-dealkylation sites (tertiary alicyclic amines) is 2. The van der Waals surface area contributed by atoms with Gasteiger partial charge >= 0.3 is 0 Å². The van der Waals surface area contributed by atoms with Crippen LogP contribution < -0.4 is 0 Å². The second-order valence-electron chi connectivity index (χ2n) is 5.41. The predicted molar refractivity (Wildman–Crippen MR) is 60.1 cm³/mol. The van der Waals surface area contributed by atoms with Crippen LogP contribution in [0.25, 0.3) is 0 Å². The summed E-state index contributed by atoms with van der Waals surface area (Å²) >= 11 is 0. The second-order valence-corrected chi connectivity index (χ2v) is 5.41. The van der Waals surface area contributed by atoms with Crippen molar-refractivity contribution in [3.05, 3.63) is 7.05 Å². The highest BCUT2D eigenvalue weighted by Gasteiger charge is 2.44. The summed E-state index contributed by atoms with van der Waals surface area (Å²) in [7, 11) is 3.96. The van der Waals surface area contributed by atoms with E-state index in [-0.39, 0.29) is 5.41 Å². The van der Waals surface area contributed by atoms with Crippen molar-refractivity contribution in [1.29, 1.82) is 0 Å². The Bertz CT molecular complexity index is 254. The Hall–Kier alpha value is -0.570. The molecule has 0 unspecified atom stereocenters. The van der Waals surface area contributed by atoms with Crippen molar-refractivity contribution in [1.82, 2.24) is 9.80 Å². The van der Waals surface area contributed by atoms with E-state index in [0.29, 0.717) is 11.9 Å². The van der Waals surface area contributed by atoms with Crippen LogP contribution in [0.4, 0.5) is 0 Å². The normalized spacial score (nSPS) is 26.9. The Morgan fingerprint density at radius 2 is 1.93 bits per heavy atom. The molecule has 2 rings (SSSR count). The quantitative estimate of drug-likeness (QED) is 0.611. The molecule has 0 aliphatic carbocycles. The van der Waals surface area contributed by atoms with Crippen molar-refractivity contribution in [3.63, 3.8) is 0 Å². The molecule has 2 aliphatic heterocycles. The molecule has 3 nitrogen and oxygen atoms in total. The van der Waals surface area contributed by atoms with Crippen molar-refractivity contribution in [2.45, 2.75) is 39.2 Å². The molecule has 2 fully saturated rings. The van der Waals surface area contributed by atoms with Gasteiger partial charge in [-0.05, 0) is 45.2 Å². The maximum absolute atomic E-state index is 11.9. The van der Waals surface area contributed by atoms with Crippen LogP contribution in [0, 0.1) is 12.5 Å². The van der Waals surface area contributed by atoms with Crippen LogP contribution in [0.3, 0.4) is 0 Å². The molecule has 0 radical (unpaired) electrons. The molecule has 0 aromatic carbocycles. The lowest BCUT2D eigenvalue weighted by Gasteiger charge is -2.41. The molecule has 0 saturated carbocycles. The zero-order chi connectivity index (χ0) is 11.1. The van der Waals surface area contributed by atoms with Crippen molar-refractivity contribution in [2.24, 2.45) is 5.41 Å². The minimum Gasteiger partial charge on any atom is -0.459 e. The van der Waals surface area contributed by atoms with E-state index in [1.54, 1.807) is 0 Å². The fourth-order valence-electron chi connectivity index (χ4n) is 2.76. The van der Waals surface area contributed by atoms with E-state index in [1.807, 2.05) is 4.90 Å². The number of nitrogens with zero attached hydrogens (tertiary/aromatic N) is 2. The van der Waals surface area contributed by atoms with Gasteiger partial charge < -0.3 is 9.80 Å². The number of carbonyl (C=O) groups is 1. The molecule has 0 aromatic rings. The van der Waals surface area contributed by atoms with E-state index in [2.05, 4.69) is 25.8 Å². The minimum absolute atomic E-state index is 0.273. The summed E-state index contributed by atoms with van der Waals surface area (Å²) in [6.07, 6.45) is 3.02. The summed E-state index contributed by atoms with van der Waals surface area (Å²) in [5.74, 6) is 0.350.